The molecule has 7 heteroatoms. The van der Waals surface area contributed by atoms with Gasteiger partial charge in [0.25, 0.3) is 0 Å². The highest BCUT2D eigenvalue weighted by atomic mass is 35.5. The highest BCUT2D eigenvalue weighted by molar-refractivity contribution is 6.30. The first-order valence-electron chi connectivity index (χ1n) is 7.52. The number of nitrogens with zero attached hydrogens (tertiary/aromatic N) is 2. The van der Waals surface area contributed by atoms with E-state index in [0.717, 1.165) is 11.3 Å². The van der Waals surface area contributed by atoms with Crippen LogP contribution in [0.5, 0.6) is 0 Å². The van der Waals surface area contributed by atoms with Crippen molar-refractivity contribution in [2.75, 3.05) is 32.8 Å². The molecule has 1 aromatic carbocycles. The van der Waals surface area contributed by atoms with E-state index in [9.17, 15) is 9.59 Å². The summed E-state index contributed by atoms with van der Waals surface area (Å²) in [6, 6.07) is 7.33. The summed E-state index contributed by atoms with van der Waals surface area (Å²) in [5, 5.41) is 2.03. The van der Waals surface area contributed by atoms with Gasteiger partial charge in [-0.25, -0.2) is 5.01 Å². The summed E-state index contributed by atoms with van der Waals surface area (Å²) in [5.74, 6) is -0.198. The normalized spacial score (nSPS) is 18.5. The molecule has 0 atom stereocenters. The molecule has 0 aliphatic carbocycles. The Balaban J connectivity index is 1.66. The summed E-state index contributed by atoms with van der Waals surface area (Å²) in [6.45, 7) is 2.25. The highest BCUT2D eigenvalue weighted by Crippen LogP contribution is 2.19. The van der Waals surface area contributed by atoms with E-state index < -0.39 is 0 Å². The van der Waals surface area contributed by atoms with E-state index in [1.165, 1.54) is 5.01 Å². The summed E-state index contributed by atoms with van der Waals surface area (Å²) in [7, 11) is 0. The van der Waals surface area contributed by atoms with Crippen LogP contribution in [0.1, 0.15) is 12.0 Å². The Hall–Kier alpha value is -2.05. The molecular formula is C16H18ClN3O3. The second-order valence-corrected chi connectivity index (χ2v) is 5.85. The van der Waals surface area contributed by atoms with Crippen LogP contribution < -0.4 is 5.43 Å². The smallest absolute Gasteiger partial charge is 0.245 e. The number of hydrogen-bond donors (Lipinski definition) is 1. The van der Waals surface area contributed by atoms with Crippen molar-refractivity contribution in [1.82, 2.24) is 15.3 Å². The Morgan fingerprint density at radius 1 is 1.22 bits per heavy atom. The van der Waals surface area contributed by atoms with E-state index in [1.54, 1.807) is 17.0 Å². The summed E-state index contributed by atoms with van der Waals surface area (Å²) in [6.07, 6.45) is 2.09. The quantitative estimate of drug-likeness (QED) is 0.904. The monoisotopic (exact) mass is 335 g/mol. The number of benzene rings is 1. The molecule has 2 aliphatic rings. The van der Waals surface area contributed by atoms with Crippen molar-refractivity contribution < 1.29 is 14.3 Å². The van der Waals surface area contributed by atoms with Crippen LogP contribution in [-0.4, -0.2) is 54.6 Å². The van der Waals surface area contributed by atoms with E-state index in [2.05, 4.69) is 5.43 Å². The largest absolute Gasteiger partial charge is 0.378 e. The lowest BCUT2D eigenvalue weighted by Crippen LogP contribution is -2.52. The SMILES string of the molecule is O=C(CN1NC(c2ccc(Cl)cc2)=CCC1=O)N1CCOCC1. The van der Waals surface area contributed by atoms with Crippen molar-refractivity contribution >= 4 is 29.1 Å². The van der Waals surface area contributed by atoms with Crippen molar-refractivity contribution in [3.63, 3.8) is 0 Å². The van der Waals surface area contributed by atoms with Crippen LogP contribution in [0.15, 0.2) is 30.3 Å². The topological polar surface area (TPSA) is 61.9 Å². The molecule has 0 saturated carbocycles. The Morgan fingerprint density at radius 2 is 1.91 bits per heavy atom. The lowest BCUT2D eigenvalue weighted by molar-refractivity contribution is -0.144. The summed E-state index contributed by atoms with van der Waals surface area (Å²) in [4.78, 5) is 26.1. The predicted octanol–water partition coefficient (Wildman–Crippen LogP) is 1.28. The Labute approximate surface area is 139 Å². The number of rotatable bonds is 3. The molecule has 122 valence electrons. The Morgan fingerprint density at radius 3 is 2.61 bits per heavy atom. The Kier molecular flexibility index (Phi) is 4.83. The number of halogens is 1. The molecule has 1 saturated heterocycles. The highest BCUT2D eigenvalue weighted by Gasteiger charge is 2.25. The first-order chi connectivity index (χ1) is 11.1. The summed E-state index contributed by atoms with van der Waals surface area (Å²) >= 11 is 5.89. The van der Waals surface area contributed by atoms with Crippen molar-refractivity contribution in [1.29, 1.82) is 0 Å². The van der Waals surface area contributed by atoms with Gasteiger partial charge in [-0.05, 0) is 23.8 Å². The van der Waals surface area contributed by atoms with Gasteiger partial charge in [-0.2, -0.15) is 0 Å². The van der Waals surface area contributed by atoms with Gasteiger partial charge in [-0.15, -0.1) is 0 Å². The van der Waals surface area contributed by atoms with Gasteiger partial charge in [-0.3, -0.25) is 15.0 Å². The molecule has 6 nitrogen and oxygen atoms in total. The third-order valence-electron chi connectivity index (χ3n) is 3.85. The van der Waals surface area contributed by atoms with Crippen molar-refractivity contribution in [3.8, 4) is 0 Å². The van der Waals surface area contributed by atoms with E-state index in [0.29, 0.717) is 31.3 Å². The van der Waals surface area contributed by atoms with Crippen LogP contribution in [0.4, 0.5) is 0 Å². The number of hydrazine groups is 1. The molecule has 23 heavy (non-hydrogen) atoms. The number of amides is 2. The standard InChI is InChI=1S/C16H18ClN3O3/c17-13-3-1-12(2-4-13)14-5-6-15(21)20(18-14)11-16(22)19-7-9-23-10-8-19/h1-5,18H,6-11H2. The van der Waals surface area contributed by atoms with Crippen LogP contribution >= 0.6 is 11.6 Å². The fourth-order valence-corrected chi connectivity index (χ4v) is 2.67. The maximum atomic E-state index is 12.3. The molecule has 1 fully saturated rings. The van der Waals surface area contributed by atoms with Crippen LogP contribution in [-0.2, 0) is 14.3 Å². The molecule has 3 rings (SSSR count). The van der Waals surface area contributed by atoms with Crippen LogP contribution in [0.3, 0.4) is 0 Å². The van der Waals surface area contributed by atoms with Gasteiger partial charge < -0.3 is 9.64 Å². The van der Waals surface area contributed by atoms with Crippen molar-refractivity contribution in [3.05, 3.63) is 40.9 Å². The second-order valence-electron chi connectivity index (χ2n) is 5.41. The Bertz CT molecular complexity index is 624. The minimum atomic E-state index is -0.121. The molecule has 1 N–H and O–H groups in total. The first-order valence-corrected chi connectivity index (χ1v) is 7.90. The average Bonchev–Trinajstić information content (AvgIpc) is 2.58. The van der Waals surface area contributed by atoms with E-state index in [4.69, 9.17) is 16.3 Å². The van der Waals surface area contributed by atoms with Gasteiger partial charge in [0, 0.05) is 24.5 Å². The molecule has 0 spiro atoms. The maximum absolute atomic E-state index is 12.3. The fourth-order valence-electron chi connectivity index (χ4n) is 2.54. The number of nitrogens with one attached hydrogen (secondary N) is 1. The summed E-state index contributed by atoms with van der Waals surface area (Å²) < 4.78 is 5.24. The van der Waals surface area contributed by atoms with Crippen LogP contribution in [0.2, 0.25) is 5.02 Å². The van der Waals surface area contributed by atoms with Gasteiger partial charge in [0.15, 0.2) is 0 Å². The molecule has 2 heterocycles. The van der Waals surface area contributed by atoms with Gasteiger partial charge in [0.1, 0.15) is 6.54 Å². The van der Waals surface area contributed by atoms with Gasteiger partial charge >= 0.3 is 0 Å². The number of carbonyl (C=O) groups excluding carboxylic acids is 2. The molecule has 0 unspecified atom stereocenters. The third-order valence-corrected chi connectivity index (χ3v) is 4.10. The molecule has 2 amide bonds. The van der Waals surface area contributed by atoms with E-state index >= 15 is 0 Å². The fraction of sp³-hybridized carbons (Fsp3) is 0.375. The van der Waals surface area contributed by atoms with Crippen LogP contribution in [0.25, 0.3) is 5.70 Å². The van der Waals surface area contributed by atoms with Crippen molar-refractivity contribution in [2.24, 2.45) is 0 Å². The predicted molar refractivity (Wildman–Crippen MR) is 86.3 cm³/mol. The third kappa shape index (κ3) is 3.83. The lowest BCUT2D eigenvalue weighted by atomic mass is 10.1. The zero-order valence-corrected chi connectivity index (χ0v) is 13.4. The number of ether oxygens (including phenoxy) is 1. The molecule has 0 bridgehead atoms. The van der Waals surface area contributed by atoms with Crippen molar-refractivity contribution in [2.45, 2.75) is 6.42 Å². The zero-order valence-electron chi connectivity index (χ0n) is 12.6. The number of carbonyl (C=O) groups is 2. The maximum Gasteiger partial charge on any atom is 0.245 e. The van der Waals surface area contributed by atoms with Gasteiger partial charge in [0.05, 0.1) is 18.9 Å². The minimum Gasteiger partial charge on any atom is -0.378 e. The zero-order chi connectivity index (χ0) is 16.2. The van der Waals surface area contributed by atoms with E-state index in [-0.39, 0.29) is 24.8 Å². The molecule has 0 aromatic heterocycles. The number of morpholine rings is 1. The van der Waals surface area contributed by atoms with Gasteiger partial charge in [0.2, 0.25) is 11.8 Å². The molecule has 2 aliphatic heterocycles. The second kappa shape index (κ2) is 7.02. The average molecular weight is 336 g/mol. The molecule has 1 aromatic rings. The molecular weight excluding hydrogens is 318 g/mol. The first kappa shape index (κ1) is 15.8. The van der Waals surface area contributed by atoms with Crippen LogP contribution in [0, 0.1) is 0 Å². The number of hydrogen-bond acceptors (Lipinski definition) is 4. The molecule has 0 radical (unpaired) electrons. The van der Waals surface area contributed by atoms with E-state index in [1.807, 2.05) is 18.2 Å². The lowest BCUT2D eigenvalue weighted by Gasteiger charge is -2.32. The van der Waals surface area contributed by atoms with Gasteiger partial charge in [-0.1, -0.05) is 23.7 Å². The summed E-state index contributed by atoms with van der Waals surface area (Å²) in [5.41, 5.74) is 4.76. The minimum absolute atomic E-state index is 0.0176.